The molecule has 18 heavy (non-hydrogen) atoms. The van der Waals surface area contributed by atoms with E-state index < -0.39 is 5.97 Å². The molecule has 0 saturated heterocycles. The highest BCUT2D eigenvalue weighted by Crippen LogP contribution is 2.35. The summed E-state index contributed by atoms with van der Waals surface area (Å²) in [6.07, 6.45) is 1.92. The molecule has 1 aliphatic heterocycles. The first kappa shape index (κ1) is 12.6. The van der Waals surface area contributed by atoms with Crippen LogP contribution in [0.2, 0.25) is 0 Å². The molecule has 1 heterocycles. The molecule has 1 aliphatic rings. The zero-order valence-corrected chi connectivity index (χ0v) is 10.9. The monoisotopic (exact) mass is 246 g/mol. The maximum atomic E-state index is 11.0. The number of hydrogen-bond acceptors (Lipinski definition) is 3. The Hall–Kier alpha value is -1.84. The van der Waals surface area contributed by atoms with Crippen molar-refractivity contribution < 1.29 is 9.90 Å². The number of benzene rings is 1. The van der Waals surface area contributed by atoms with E-state index >= 15 is 0 Å². The van der Waals surface area contributed by atoms with Crippen LogP contribution in [0.1, 0.15) is 25.8 Å². The summed E-state index contributed by atoms with van der Waals surface area (Å²) in [5, 5.41) is 15.2. The molecule has 1 aromatic rings. The molecule has 0 fully saturated rings. The number of rotatable bonds is 3. The molecular weight excluding hydrogens is 228 g/mol. The maximum Gasteiger partial charge on any atom is 0.305 e. The zero-order valence-electron chi connectivity index (χ0n) is 10.9. The van der Waals surface area contributed by atoms with Crippen LogP contribution in [0.25, 0.3) is 0 Å². The van der Waals surface area contributed by atoms with E-state index in [2.05, 4.69) is 5.10 Å². The summed E-state index contributed by atoms with van der Waals surface area (Å²) in [4.78, 5) is 11.0. The lowest BCUT2D eigenvalue weighted by atomic mass is 9.84. The standard InChI is InChI=1S/C14H18N2O2/c1-10-4-6-11(7-5-10)16-12(8-13(17)18)14(2,3)9-15-16/h4-7,9,12H,8H2,1-3H3,(H,17,18). The Labute approximate surface area is 107 Å². The number of carboxylic acids is 1. The first-order valence-electron chi connectivity index (χ1n) is 6.03. The normalized spacial score (nSPS) is 21.3. The third kappa shape index (κ3) is 2.37. The van der Waals surface area contributed by atoms with Gasteiger partial charge in [-0.15, -0.1) is 0 Å². The van der Waals surface area contributed by atoms with Crippen LogP contribution in [0.5, 0.6) is 0 Å². The first-order chi connectivity index (χ1) is 8.40. The van der Waals surface area contributed by atoms with Gasteiger partial charge in [-0.3, -0.25) is 9.80 Å². The molecule has 2 rings (SSSR count). The Kier molecular flexibility index (Phi) is 3.11. The minimum absolute atomic E-state index is 0.0842. The molecule has 4 heteroatoms. The highest BCUT2D eigenvalue weighted by Gasteiger charge is 2.39. The van der Waals surface area contributed by atoms with Crippen molar-refractivity contribution in [2.75, 3.05) is 5.01 Å². The van der Waals surface area contributed by atoms with E-state index in [-0.39, 0.29) is 17.9 Å². The van der Waals surface area contributed by atoms with Crippen LogP contribution in [0.15, 0.2) is 29.4 Å². The van der Waals surface area contributed by atoms with Gasteiger partial charge in [-0.1, -0.05) is 31.5 Å². The Morgan fingerprint density at radius 3 is 2.56 bits per heavy atom. The summed E-state index contributed by atoms with van der Waals surface area (Å²) >= 11 is 0. The smallest absolute Gasteiger partial charge is 0.305 e. The maximum absolute atomic E-state index is 11.0. The van der Waals surface area contributed by atoms with Gasteiger partial charge in [0.1, 0.15) is 0 Å². The van der Waals surface area contributed by atoms with E-state index in [0.717, 1.165) is 5.69 Å². The number of hydrogen-bond donors (Lipinski definition) is 1. The molecule has 0 spiro atoms. The Morgan fingerprint density at radius 2 is 2.00 bits per heavy atom. The highest BCUT2D eigenvalue weighted by atomic mass is 16.4. The van der Waals surface area contributed by atoms with E-state index in [1.54, 1.807) is 0 Å². The molecule has 0 bridgehead atoms. The fourth-order valence-corrected chi connectivity index (χ4v) is 2.15. The zero-order chi connectivity index (χ0) is 13.3. The van der Waals surface area contributed by atoms with Crippen molar-refractivity contribution in [1.82, 2.24) is 0 Å². The molecule has 0 amide bonds. The van der Waals surface area contributed by atoms with Gasteiger partial charge in [0, 0.05) is 11.6 Å². The van der Waals surface area contributed by atoms with Gasteiger partial charge in [0.2, 0.25) is 0 Å². The van der Waals surface area contributed by atoms with E-state index in [1.807, 2.05) is 56.3 Å². The van der Waals surface area contributed by atoms with Gasteiger partial charge in [-0.05, 0) is 19.1 Å². The lowest BCUT2D eigenvalue weighted by molar-refractivity contribution is -0.137. The van der Waals surface area contributed by atoms with Crippen LogP contribution in [0.4, 0.5) is 5.69 Å². The second kappa shape index (κ2) is 4.44. The summed E-state index contributed by atoms with van der Waals surface area (Å²) in [5.74, 6) is -0.796. The predicted octanol–water partition coefficient (Wildman–Crippen LogP) is 2.67. The van der Waals surface area contributed by atoms with Crippen molar-refractivity contribution in [2.24, 2.45) is 10.5 Å². The van der Waals surface area contributed by atoms with Gasteiger partial charge in [0.15, 0.2) is 0 Å². The van der Waals surface area contributed by atoms with Crippen LogP contribution in [0.3, 0.4) is 0 Å². The van der Waals surface area contributed by atoms with Crippen LogP contribution in [-0.4, -0.2) is 23.3 Å². The van der Waals surface area contributed by atoms with Crippen molar-refractivity contribution in [3.8, 4) is 0 Å². The van der Waals surface area contributed by atoms with Gasteiger partial charge in [-0.25, -0.2) is 0 Å². The van der Waals surface area contributed by atoms with Crippen molar-refractivity contribution in [2.45, 2.75) is 33.2 Å². The summed E-state index contributed by atoms with van der Waals surface area (Å²) in [6.45, 7) is 6.05. The Morgan fingerprint density at radius 1 is 1.39 bits per heavy atom. The minimum Gasteiger partial charge on any atom is -0.481 e. The number of hydrazone groups is 1. The van der Waals surface area contributed by atoms with Gasteiger partial charge in [0.25, 0.3) is 0 Å². The second-order valence-corrected chi connectivity index (χ2v) is 5.36. The molecule has 1 N–H and O–H groups in total. The Bertz CT molecular complexity index is 477. The van der Waals surface area contributed by atoms with Crippen molar-refractivity contribution in [3.05, 3.63) is 29.8 Å². The molecule has 0 aliphatic carbocycles. The molecule has 1 atom stereocenters. The number of anilines is 1. The third-order valence-corrected chi connectivity index (χ3v) is 3.34. The summed E-state index contributed by atoms with van der Waals surface area (Å²) in [7, 11) is 0. The molecule has 96 valence electrons. The first-order valence-corrected chi connectivity index (χ1v) is 6.03. The quantitative estimate of drug-likeness (QED) is 0.892. The number of nitrogens with zero attached hydrogens (tertiary/aromatic N) is 2. The van der Waals surface area contributed by atoms with Crippen molar-refractivity contribution in [1.29, 1.82) is 0 Å². The molecular formula is C14H18N2O2. The SMILES string of the molecule is Cc1ccc(N2N=CC(C)(C)C2CC(=O)O)cc1. The highest BCUT2D eigenvalue weighted by molar-refractivity contribution is 5.77. The van der Waals surface area contributed by atoms with Crippen LogP contribution < -0.4 is 5.01 Å². The number of carbonyl (C=O) groups is 1. The van der Waals surface area contributed by atoms with Crippen LogP contribution in [-0.2, 0) is 4.79 Å². The van der Waals surface area contributed by atoms with Gasteiger partial charge >= 0.3 is 5.97 Å². The van der Waals surface area contributed by atoms with Crippen molar-refractivity contribution in [3.63, 3.8) is 0 Å². The fourth-order valence-electron chi connectivity index (χ4n) is 2.15. The summed E-state index contributed by atoms with van der Waals surface area (Å²) in [5.41, 5.74) is 1.88. The van der Waals surface area contributed by atoms with E-state index in [9.17, 15) is 4.79 Å². The largest absolute Gasteiger partial charge is 0.481 e. The van der Waals surface area contributed by atoms with E-state index in [0.29, 0.717) is 0 Å². The second-order valence-electron chi connectivity index (χ2n) is 5.36. The third-order valence-electron chi connectivity index (χ3n) is 3.34. The number of aryl methyl sites for hydroxylation is 1. The molecule has 1 aromatic carbocycles. The van der Waals surface area contributed by atoms with Gasteiger partial charge in [0.05, 0.1) is 18.2 Å². The van der Waals surface area contributed by atoms with Crippen LogP contribution >= 0.6 is 0 Å². The van der Waals surface area contributed by atoms with Gasteiger partial charge < -0.3 is 5.11 Å². The predicted molar refractivity (Wildman–Crippen MR) is 72.0 cm³/mol. The van der Waals surface area contributed by atoms with Crippen molar-refractivity contribution >= 4 is 17.9 Å². The average molecular weight is 246 g/mol. The fraction of sp³-hybridized carbons (Fsp3) is 0.429. The van der Waals surface area contributed by atoms with E-state index in [4.69, 9.17) is 5.11 Å². The average Bonchev–Trinajstić information content (AvgIpc) is 2.56. The van der Waals surface area contributed by atoms with Gasteiger partial charge in [-0.2, -0.15) is 5.10 Å². The molecule has 0 radical (unpaired) electrons. The topological polar surface area (TPSA) is 52.9 Å². The molecule has 1 unspecified atom stereocenters. The molecule has 0 aromatic heterocycles. The van der Waals surface area contributed by atoms with Crippen LogP contribution in [0, 0.1) is 12.3 Å². The number of carboxylic acid groups (broad SMARTS) is 1. The minimum atomic E-state index is -0.796. The summed E-state index contributed by atoms with van der Waals surface area (Å²) < 4.78 is 0. The van der Waals surface area contributed by atoms with E-state index in [1.165, 1.54) is 5.56 Å². The summed E-state index contributed by atoms with van der Waals surface area (Å²) in [6, 6.07) is 7.83. The molecule has 0 saturated carbocycles. The number of aliphatic carboxylic acids is 1. The Balaban J connectivity index is 2.29. The lowest BCUT2D eigenvalue weighted by Gasteiger charge is -2.30. The molecule has 4 nitrogen and oxygen atoms in total. The lowest BCUT2D eigenvalue weighted by Crippen LogP contribution is -2.39.